The first-order valence-corrected chi connectivity index (χ1v) is 6.70. The molecule has 0 fully saturated rings. The van der Waals surface area contributed by atoms with Crippen LogP contribution in [0.25, 0.3) is 0 Å². The summed E-state index contributed by atoms with van der Waals surface area (Å²) in [6, 6.07) is 0. The molecule has 0 N–H and O–H groups in total. The van der Waals surface area contributed by atoms with E-state index in [2.05, 4.69) is 4.74 Å². The molecule has 0 radical (unpaired) electrons. The summed E-state index contributed by atoms with van der Waals surface area (Å²) in [5.41, 5.74) is 0. The van der Waals surface area contributed by atoms with E-state index >= 15 is 0 Å². The molecule has 1 unspecified atom stereocenters. The molecule has 0 rings (SSSR count). The number of hydrogen-bond donors (Lipinski definition) is 0. The van der Waals surface area contributed by atoms with Gasteiger partial charge in [0.2, 0.25) is 0 Å². The van der Waals surface area contributed by atoms with Crippen molar-refractivity contribution in [3.63, 3.8) is 0 Å². The van der Waals surface area contributed by atoms with Crippen molar-refractivity contribution in [2.45, 2.75) is 48.0 Å². The fourth-order valence-corrected chi connectivity index (χ4v) is 4.12. The van der Waals surface area contributed by atoms with Crippen molar-refractivity contribution in [2.24, 2.45) is 0 Å². The Morgan fingerprint density at radius 3 is 2.23 bits per heavy atom. The molecule has 0 aliphatic carbocycles. The second-order valence-electron chi connectivity index (χ2n) is 2.80. The van der Waals surface area contributed by atoms with Gasteiger partial charge in [0.25, 0.3) is 0 Å². The van der Waals surface area contributed by atoms with Gasteiger partial charge in [-0.25, -0.2) is 0 Å². The van der Waals surface area contributed by atoms with E-state index in [0.29, 0.717) is 3.92 Å². The first-order valence-electron chi connectivity index (χ1n) is 4.21. The van der Waals surface area contributed by atoms with Gasteiger partial charge < -0.3 is 0 Å². The van der Waals surface area contributed by atoms with Crippen LogP contribution >= 0.6 is 0 Å². The van der Waals surface area contributed by atoms with Gasteiger partial charge in [0, 0.05) is 0 Å². The normalized spacial score (nSPS) is 17.4. The van der Waals surface area contributed by atoms with Crippen LogP contribution in [0, 0.1) is 0 Å². The van der Waals surface area contributed by atoms with Crippen LogP contribution in [0.15, 0.2) is 0 Å². The summed E-state index contributed by atoms with van der Waals surface area (Å²) in [5.74, 6) is 0. The second-order valence-corrected chi connectivity index (χ2v) is 7.40. The molecule has 0 aromatic rings. The van der Waals surface area contributed by atoms with Crippen molar-refractivity contribution in [1.29, 1.82) is 0 Å². The third kappa shape index (κ3) is 8.80. The fourth-order valence-electron chi connectivity index (χ4n) is 0.974. The molecule has 0 aromatic heterocycles. The zero-order valence-corrected chi connectivity index (χ0v) is 10.1. The summed E-state index contributed by atoms with van der Waals surface area (Å²) in [6.07, 6.45) is -2.44. The van der Waals surface area contributed by atoms with Crippen LogP contribution in [0.3, 0.4) is 0 Å². The first-order chi connectivity index (χ1) is 5.85. The van der Waals surface area contributed by atoms with Crippen molar-refractivity contribution < 1.29 is 39.1 Å². The number of hydrogen-bond acceptors (Lipinski definition) is 1. The molecular weight excluding hydrogens is 296 g/mol. The van der Waals surface area contributed by atoms with Crippen molar-refractivity contribution >= 4 is 0 Å². The van der Waals surface area contributed by atoms with Crippen LogP contribution in [0.4, 0.5) is 13.2 Å². The molecular formula is C8H15F3IO-. The van der Waals surface area contributed by atoms with Gasteiger partial charge in [0.1, 0.15) is 0 Å². The molecule has 0 saturated heterocycles. The zero-order chi connectivity index (χ0) is 10.5. The van der Waals surface area contributed by atoms with Crippen LogP contribution in [0.2, 0.25) is 0 Å². The maximum atomic E-state index is 11.7. The standard InChI is InChI=1S/C8H15F3IO/c1-4-5-6(2)12-7(3)13-8(9,10)11/h6-7H,4-5H2,1-3H3/q-1/t6-,7?/m1/s1. The Morgan fingerprint density at radius 1 is 1.31 bits per heavy atom. The average Bonchev–Trinajstić information content (AvgIpc) is 1.81. The molecule has 0 spiro atoms. The third-order valence-corrected chi connectivity index (χ3v) is 4.49. The molecule has 0 aromatic carbocycles. The topological polar surface area (TPSA) is 9.23 Å². The van der Waals surface area contributed by atoms with E-state index in [1.807, 2.05) is 13.8 Å². The van der Waals surface area contributed by atoms with Crippen LogP contribution < -0.4 is 21.2 Å². The third-order valence-electron chi connectivity index (χ3n) is 1.37. The Kier molecular flexibility index (Phi) is 6.28. The first kappa shape index (κ1) is 13.5. The van der Waals surface area contributed by atoms with Crippen LogP contribution in [-0.4, -0.2) is 14.4 Å². The van der Waals surface area contributed by atoms with Gasteiger partial charge in [0.05, 0.1) is 0 Å². The summed E-state index contributed by atoms with van der Waals surface area (Å²) in [4.78, 5) is 0. The van der Waals surface area contributed by atoms with E-state index in [1.54, 1.807) is 0 Å². The SMILES string of the molecule is CCC[C@@H](C)[I-]C(C)OC(F)(F)F. The molecule has 5 heteroatoms. The summed E-state index contributed by atoms with van der Waals surface area (Å²) in [7, 11) is 0. The Bertz CT molecular complexity index is 138. The minimum absolute atomic E-state index is 0.404. The van der Waals surface area contributed by atoms with Crippen LogP contribution in [-0.2, 0) is 4.74 Å². The molecule has 82 valence electrons. The summed E-state index contributed by atoms with van der Waals surface area (Å²) in [6.45, 7) is 5.54. The van der Waals surface area contributed by atoms with Crippen LogP contribution in [0.1, 0.15) is 33.6 Å². The van der Waals surface area contributed by atoms with Crippen molar-refractivity contribution in [1.82, 2.24) is 0 Å². The van der Waals surface area contributed by atoms with Crippen molar-refractivity contribution in [3.8, 4) is 0 Å². The summed E-state index contributed by atoms with van der Waals surface area (Å²) >= 11 is -0.515. The molecule has 0 aliphatic rings. The molecule has 0 saturated carbocycles. The van der Waals surface area contributed by atoms with E-state index < -0.39 is 31.7 Å². The molecule has 0 aliphatic heterocycles. The van der Waals surface area contributed by atoms with Gasteiger partial charge in [-0.1, -0.05) is 0 Å². The number of ether oxygens (including phenoxy) is 1. The van der Waals surface area contributed by atoms with E-state index in [-0.39, 0.29) is 0 Å². The Labute approximate surface area is 87.3 Å². The van der Waals surface area contributed by atoms with Crippen molar-refractivity contribution in [2.75, 3.05) is 0 Å². The van der Waals surface area contributed by atoms with Crippen LogP contribution in [0.5, 0.6) is 0 Å². The van der Waals surface area contributed by atoms with Gasteiger partial charge >= 0.3 is 87.1 Å². The second kappa shape index (κ2) is 6.06. The van der Waals surface area contributed by atoms with E-state index in [9.17, 15) is 13.2 Å². The van der Waals surface area contributed by atoms with Gasteiger partial charge in [-0.05, 0) is 0 Å². The van der Waals surface area contributed by atoms with E-state index in [1.165, 1.54) is 6.92 Å². The van der Waals surface area contributed by atoms with E-state index in [0.717, 1.165) is 12.8 Å². The van der Waals surface area contributed by atoms with Gasteiger partial charge in [-0.2, -0.15) is 0 Å². The number of alkyl halides is 5. The molecule has 13 heavy (non-hydrogen) atoms. The van der Waals surface area contributed by atoms with E-state index in [4.69, 9.17) is 0 Å². The summed E-state index contributed by atoms with van der Waals surface area (Å²) < 4.78 is 38.9. The molecule has 1 nitrogen and oxygen atoms in total. The number of rotatable bonds is 5. The van der Waals surface area contributed by atoms with Gasteiger partial charge in [0.15, 0.2) is 0 Å². The average molecular weight is 311 g/mol. The Hall–Kier alpha value is 0.480. The number of halogens is 4. The Balaban J connectivity index is 3.67. The zero-order valence-electron chi connectivity index (χ0n) is 7.99. The maximum absolute atomic E-state index is 11.7. The molecule has 0 heterocycles. The Morgan fingerprint density at radius 2 is 1.85 bits per heavy atom. The van der Waals surface area contributed by atoms with Crippen molar-refractivity contribution in [3.05, 3.63) is 0 Å². The molecule has 0 amide bonds. The quantitative estimate of drug-likeness (QED) is 0.519. The fraction of sp³-hybridized carbons (Fsp3) is 1.00. The van der Waals surface area contributed by atoms with Gasteiger partial charge in [-0.3, -0.25) is 0 Å². The molecule has 0 bridgehead atoms. The predicted octanol–water partition coefficient (Wildman–Crippen LogP) is 0.146. The summed E-state index contributed by atoms with van der Waals surface area (Å²) in [5, 5.41) is 0. The monoisotopic (exact) mass is 311 g/mol. The van der Waals surface area contributed by atoms with Gasteiger partial charge in [-0.15, -0.1) is 0 Å². The molecule has 2 atom stereocenters. The predicted molar refractivity (Wildman–Crippen MR) is 41.0 cm³/mol. The minimum atomic E-state index is -4.47.